The minimum atomic E-state index is -2.74. The van der Waals surface area contributed by atoms with Crippen LogP contribution < -0.4 is 9.35 Å². The average Bonchev–Trinajstić information content (AvgIpc) is 3.25. The summed E-state index contributed by atoms with van der Waals surface area (Å²) in [4.78, 5) is 0. The van der Waals surface area contributed by atoms with E-state index in [1.54, 1.807) is 0 Å². The Labute approximate surface area is 175 Å². The van der Waals surface area contributed by atoms with Gasteiger partial charge in [0.1, 0.15) is 0 Å². The molecule has 0 amide bonds. The quantitative estimate of drug-likeness (QED) is 0.659. The van der Waals surface area contributed by atoms with Crippen LogP contribution in [0.1, 0.15) is 41.5 Å². The first kappa shape index (κ1) is 20.1. The average molecular weight is 409 g/mol. The normalized spacial score (nSPS) is 20.2. The Morgan fingerprint density at radius 1 is 0.621 bits per heavy atom. The molecule has 0 aliphatic carbocycles. The van der Waals surface area contributed by atoms with E-state index in [1.807, 2.05) is 0 Å². The lowest BCUT2D eigenvalue weighted by Gasteiger charge is -2.52. The second-order valence-electron chi connectivity index (χ2n) is 9.72. The molecule has 7 heteroatoms. The third-order valence-electron chi connectivity index (χ3n) is 5.68. The first-order valence-electron chi connectivity index (χ1n) is 10.3. The van der Waals surface area contributed by atoms with E-state index < -0.39 is 8.72 Å². The van der Waals surface area contributed by atoms with Crippen molar-refractivity contribution in [3.05, 3.63) is 60.7 Å². The van der Waals surface area contributed by atoms with Crippen LogP contribution in [0.3, 0.4) is 0 Å². The summed E-state index contributed by atoms with van der Waals surface area (Å²) in [6.07, 6.45) is 0. The molecule has 29 heavy (non-hydrogen) atoms. The summed E-state index contributed by atoms with van der Waals surface area (Å²) in [7, 11) is -2.74. The van der Waals surface area contributed by atoms with E-state index in [2.05, 4.69) is 121 Å². The molecule has 154 valence electrons. The fraction of sp³-hybridized carbons (Fsp3) is 0.455. The van der Waals surface area contributed by atoms with Crippen molar-refractivity contribution >= 4 is 20.1 Å². The Balaban J connectivity index is 1.98. The predicted molar refractivity (Wildman–Crippen MR) is 121 cm³/mol. The van der Waals surface area contributed by atoms with E-state index in [9.17, 15) is 0 Å². The molecule has 1 spiro atoms. The van der Waals surface area contributed by atoms with E-state index in [4.69, 9.17) is 10.4 Å². The van der Waals surface area contributed by atoms with Gasteiger partial charge in [-0.3, -0.25) is 9.13 Å². The van der Waals surface area contributed by atoms with Gasteiger partial charge in [0.25, 0.3) is 0 Å². The van der Waals surface area contributed by atoms with Crippen molar-refractivity contribution in [3.63, 3.8) is 0 Å². The lowest BCUT2D eigenvalue weighted by molar-refractivity contribution is 0.246. The number of anilines is 2. The zero-order chi connectivity index (χ0) is 20.9. The molecule has 2 aromatic carbocycles. The topological polar surface area (TPSA) is 37.7 Å². The molecule has 0 aromatic heterocycles. The van der Waals surface area contributed by atoms with Crippen LogP contribution in [0.15, 0.2) is 71.1 Å². The largest absolute Gasteiger partial charge is 0.485 e. The molecule has 0 unspecified atom stereocenters. The van der Waals surface area contributed by atoms with Crippen LogP contribution >= 0.6 is 0 Å². The van der Waals surface area contributed by atoms with Gasteiger partial charge in [-0.05, 0) is 65.8 Å². The van der Waals surface area contributed by atoms with Gasteiger partial charge in [0, 0.05) is 24.2 Å². The molecule has 0 saturated carbocycles. The Morgan fingerprint density at radius 3 is 1.28 bits per heavy atom. The van der Waals surface area contributed by atoms with Crippen LogP contribution in [0, 0.1) is 0 Å². The maximum Gasteiger partial charge on any atom is 0.485 e. The van der Waals surface area contributed by atoms with E-state index in [1.165, 1.54) is 0 Å². The third-order valence-corrected chi connectivity index (χ3v) is 10.7. The number of benzene rings is 2. The molecule has 0 N–H and O–H groups in total. The van der Waals surface area contributed by atoms with E-state index in [0.717, 1.165) is 24.5 Å². The molecule has 0 bridgehead atoms. The van der Waals surface area contributed by atoms with Crippen molar-refractivity contribution in [2.75, 3.05) is 22.4 Å². The highest BCUT2D eigenvalue weighted by molar-refractivity contribution is 6.82. The summed E-state index contributed by atoms with van der Waals surface area (Å²) < 4.78 is 9.77. The summed E-state index contributed by atoms with van der Waals surface area (Å²) in [6, 6.07) is 21.0. The van der Waals surface area contributed by atoms with Gasteiger partial charge < -0.3 is 0 Å². The van der Waals surface area contributed by atoms with Gasteiger partial charge in [0.2, 0.25) is 0 Å². The molecule has 0 radical (unpaired) electrons. The lowest BCUT2D eigenvalue weighted by Crippen LogP contribution is -2.80. The highest BCUT2D eigenvalue weighted by Gasteiger charge is 2.70. The molecular formula is C22H32N6Si. The van der Waals surface area contributed by atoms with Gasteiger partial charge in [-0.25, -0.2) is 9.35 Å². The van der Waals surface area contributed by atoms with E-state index >= 15 is 0 Å². The molecule has 2 aromatic rings. The SMILES string of the molecule is CC(C)(C)N1CCN(C(C)(C)C)[Si]12N(c1ccccc1)N=NN2c1ccccc1. The van der Waals surface area contributed by atoms with Gasteiger partial charge in [0.05, 0.1) is 11.4 Å². The lowest BCUT2D eigenvalue weighted by atomic mass is 10.1. The number of para-hydroxylation sites is 2. The van der Waals surface area contributed by atoms with E-state index in [0.29, 0.717) is 0 Å². The number of hydrogen-bond acceptors (Lipinski definition) is 6. The predicted octanol–water partition coefficient (Wildman–Crippen LogP) is 4.95. The van der Waals surface area contributed by atoms with Crippen LogP contribution in [0.4, 0.5) is 11.4 Å². The fourth-order valence-corrected chi connectivity index (χ4v) is 9.85. The number of nitrogens with zero attached hydrogens (tertiary/aromatic N) is 6. The molecule has 2 aliphatic rings. The van der Waals surface area contributed by atoms with Gasteiger partial charge >= 0.3 is 8.72 Å². The molecule has 1 saturated heterocycles. The molecule has 4 rings (SSSR count). The second kappa shape index (κ2) is 6.93. The van der Waals surface area contributed by atoms with Crippen LogP contribution in [-0.4, -0.2) is 42.0 Å². The van der Waals surface area contributed by atoms with Gasteiger partial charge in [-0.2, -0.15) is 0 Å². The van der Waals surface area contributed by atoms with Crippen LogP contribution in [-0.2, 0) is 0 Å². The second-order valence-corrected chi connectivity index (χ2v) is 12.8. The van der Waals surface area contributed by atoms with Crippen molar-refractivity contribution in [1.29, 1.82) is 0 Å². The summed E-state index contributed by atoms with van der Waals surface area (Å²) in [5, 5.41) is 9.58. The molecule has 2 aliphatic heterocycles. The van der Waals surface area contributed by atoms with Gasteiger partial charge in [-0.1, -0.05) is 46.8 Å². The highest BCUT2D eigenvalue weighted by Crippen LogP contribution is 2.45. The first-order valence-corrected chi connectivity index (χ1v) is 12.1. The summed E-state index contributed by atoms with van der Waals surface area (Å²) in [5.41, 5.74) is 2.13. The minimum Gasteiger partial charge on any atom is -0.269 e. The molecular weight excluding hydrogens is 376 g/mol. The Hall–Kier alpha value is -2.22. The van der Waals surface area contributed by atoms with Crippen molar-refractivity contribution in [2.24, 2.45) is 10.4 Å². The summed E-state index contributed by atoms with van der Waals surface area (Å²) in [6.45, 7) is 15.8. The molecule has 2 heterocycles. The van der Waals surface area contributed by atoms with Crippen molar-refractivity contribution in [3.8, 4) is 0 Å². The maximum absolute atomic E-state index is 4.79. The van der Waals surface area contributed by atoms with Crippen LogP contribution in [0.25, 0.3) is 0 Å². The highest BCUT2D eigenvalue weighted by atomic mass is 28.4. The van der Waals surface area contributed by atoms with Crippen molar-refractivity contribution in [1.82, 2.24) is 9.13 Å². The maximum atomic E-state index is 4.79. The Morgan fingerprint density at radius 2 is 0.966 bits per heavy atom. The minimum absolute atomic E-state index is 0.0261. The summed E-state index contributed by atoms with van der Waals surface area (Å²) >= 11 is 0. The zero-order valence-corrected chi connectivity index (χ0v) is 19.4. The fourth-order valence-electron chi connectivity index (χ4n) is 4.55. The number of hydrogen-bond donors (Lipinski definition) is 0. The van der Waals surface area contributed by atoms with Gasteiger partial charge in [-0.15, -0.1) is 0 Å². The van der Waals surface area contributed by atoms with Crippen LogP contribution in [0.2, 0.25) is 0 Å². The standard InChI is InChI=1S/C22H32N6Si/c1-21(2,3)25-17-18-26(22(4,5)6)29(25)27(19-13-9-7-10-14-19)23-24-28(29)20-15-11-8-12-16-20/h7-16H,17-18H2,1-6H3. The molecule has 1 fully saturated rings. The van der Waals surface area contributed by atoms with Crippen molar-refractivity contribution < 1.29 is 0 Å². The monoisotopic (exact) mass is 408 g/mol. The van der Waals surface area contributed by atoms with Crippen LogP contribution in [0.5, 0.6) is 0 Å². The molecule has 0 atom stereocenters. The van der Waals surface area contributed by atoms with Gasteiger partial charge in [0.15, 0.2) is 0 Å². The summed E-state index contributed by atoms with van der Waals surface area (Å²) in [5.74, 6) is 0. The zero-order valence-electron chi connectivity index (χ0n) is 18.4. The Bertz CT molecular complexity index is 798. The smallest absolute Gasteiger partial charge is 0.269 e. The third kappa shape index (κ3) is 3.17. The number of rotatable bonds is 2. The molecule has 6 nitrogen and oxygen atoms in total. The Kier molecular flexibility index (Phi) is 4.80. The van der Waals surface area contributed by atoms with Crippen molar-refractivity contribution in [2.45, 2.75) is 52.6 Å². The van der Waals surface area contributed by atoms with E-state index in [-0.39, 0.29) is 11.1 Å². The first-order chi connectivity index (χ1) is 13.7.